The highest BCUT2D eigenvalue weighted by molar-refractivity contribution is 14.1. The lowest BCUT2D eigenvalue weighted by Crippen LogP contribution is -2.43. The van der Waals surface area contributed by atoms with E-state index in [9.17, 15) is 19.6 Å². The zero-order valence-corrected chi connectivity index (χ0v) is 17.2. The van der Waals surface area contributed by atoms with Gasteiger partial charge in [-0.3, -0.25) is 14.4 Å². The van der Waals surface area contributed by atoms with Crippen molar-refractivity contribution in [2.24, 2.45) is 5.92 Å². The van der Waals surface area contributed by atoms with Gasteiger partial charge in [0.2, 0.25) is 5.91 Å². The second-order valence-corrected chi connectivity index (χ2v) is 7.65. The minimum absolute atomic E-state index is 0.0394. The van der Waals surface area contributed by atoms with Gasteiger partial charge in [0.25, 0.3) is 0 Å². The number of halogens is 1. The van der Waals surface area contributed by atoms with E-state index >= 15 is 0 Å². The van der Waals surface area contributed by atoms with Gasteiger partial charge in [-0.15, -0.1) is 0 Å². The predicted molar refractivity (Wildman–Crippen MR) is 106 cm³/mol. The van der Waals surface area contributed by atoms with Crippen molar-refractivity contribution >= 4 is 52.0 Å². The molecule has 8 heteroatoms. The van der Waals surface area contributed by atoms with Gasteiger partial charge >= 0.3 is 5.97 Å². The second-order valence-electron chi connectivity index (χ2n) is 5.51. The van der Waals surface area contributed by atoms with E-state index in [1.165, 1.54) is 7.11 Å². The Labute approximate surface area is 169 Å². The topological polar surface area (TPSA) is 96.3 Å². The monoisotopic (exact) mass is 484 g/mol. The molecule has 1 aliphatic heterocycles. The third kappa shape index (κ3) is 4.27. The Bertz CT molecular complexity index is 816. The van der Waals surface area contributed by atoms with Gasteiger partial charge in [-0.25, -0.2) is 0 Å². The summed E-state index contributed by atoms with van der Waals surface area (Å²) in [5.74, 6) is -2.82. The second kappa shape index (κ2) is 9.19. The standard InChI is InChI=1S/C18H17IN2O4S/c1-3-13(22)16-15(10-6-4-5-7-12(10)19)11(8-20)18(21-17(16)24)26-9-14(23)25-2/h4-7,15-16H,3,9H2,1-2H3,(H,21,24). The van der Waals surface area contributed by atoms with Gasteiger partial charge in [-0.05, 0) is 34.2 Å². The molecular formula is C18H17IN2O4S. The molecule has 2 unspecified atom stereocenters. The third-order valence-corrected chi connectivity index (χ3v) is 6.00. The molecule has 0 radical (unpaired) electrons. The van der Waals surface area contributed by atoms with Crippen molar-refractivity contribution in [1.82, 2.24) is 5.32 Å². The Morgan fingerprint density at radius 2 is 2.08 bits per heavy atom. The van der Waals surface area contributed by atoms with Crippen LogP contribution in [0.3, 0.4) is 0 Å². The van der Waals surface area contributed by atoms with Crippen molar-refractivity contribution in [2.45, 2.75) is 19.3 Å². The van der Waals surface area contributed by atoms with E-state index in [2.05, 4.69) is 38.7 Å². The number of ketones is 1. The number of amides is 1. The largest absolute Gasteiger partial charge is 0.468 e. The van der Waals surface area contributed by atoms with E-state index in [1.807, 2.05) is 24.3 Å². The van der Waals surface area contributed by atoms with Crippen LogP contribution in [0.4, 0.5) is 0 Å². The molecule has 6 nitrogen and oxygen atoms in total. The summed E-state index contributed by atoms with van der Waals surface area (Å²) in [6.45, 7) is 1.69. The first-order valence-electron chi connectivity index (χ1n) is 7.86. The summed E-state index contributed by atoms with van der Waals surface area (Å²) >= 11 is 3.16. The van der Waals surface area contributed by atoms with Gasteiger partial charge in [-0.1, -0.05) is 36.9 Å². The van der Waals surface area contributed by atoms with Crippen molar-refractivity contribution in [3.05, 3.63) is 44.0 Å². The van der Waals surface area contributed by atoms with Crippen LogP contribution in [-0.2, 0) is 19.1 Å². The summed E-state index contributed by atoms with van der Waals surface area (Å²) in [6, 6.07) is 9.49. The maximum atomic E-state index is 12.7. The number of hydrogen-bond donors (Lipinski definition) is 1. The van der Waals surface area contributed by atoms with Crippen molar-refractivity contribution in [2.75, 3.05) is 12.9 Å². The number of ether oxygens (including phenoxy) is 1. The molecule has 1 aromatic carbocycles. The number of hydrogen-bond acceptors (Lipinski definition) is 6. The van der Waals surface area contributed by atoms with Crippen molar-refractivity contribution in [3.8, 4) is 6.07 Å². The number of nitrogens with one attached hydrogen (secondary N) is 1. The summed E-state index contributed by atoms with van der Waals surface area (Å²) in [4.78, 5) is 36.6. The van der Waals surface area contributed by atoms with Crippen LogP contribution in [-0.4, -0.2) is 30.5 Å². The van der Waals surface area contributed by atoms with Gasteiger partial charge in [0, 0.05) is 15.9 Å². The summed E-state index contributed by atoms with van der Waals surface area (Å²) in [6.07, 6.45) is 0.196. The molecule has 1 aromatic rings. The highest BCUT2D eigenvalue weighted by atomic mass is 127. The first-order valence-corrected chi connectivity index (χ1v) is 9.92. The number of thioether (sulfide) groups is 1. The van der Waals surface area contributed by atoms with Gasteiger partial charge in [0.05, 0.1) is 29.5 Å². The number of carbonyl (C=O) groups is 3. The number of allylic oxidation sites excluding steroid dienone is 1. The average Bonchev–Trinajstić information content (AvgIpc) is 2.65. The molecule has 136 valence electrons. The van der Waals surface area contributed by atoms with Crippen LogP contribution in [0.25, 0.3) is 0 Å². The summed E-state index contributed by atoms with van der Waals surface area (Å²) in [5, 5.41) is 12.7. The number of benzene rings is 1. The molecule has 0 aliphatic carbocycles. The minimum atomic E-state index is -0.965. The normalized spacial score (nSPS) is 19.5. The molecule has 0 fully saturated rings. The molecular weight excluding hydrogens is 467 g/mol. The van der Waals surface area contributed by atoms with Gasteiger partial charge in [-0.2, -0.15) is 5.26 Å². The predicted octanol–water partition coefficient (Wildman–Crippen LogP) is 2.74. The van der Waals surface area contributed by atoms with E-state index in [-0.39, 0.29) is 23.5 Å². The number of methoxy groups -OCH3 is 1. The number of nitrogens with zero attached hydrogens (tertiary/aromatic N) is 1. The molecule has 0 bridgehead atoms. The maximum absolute atomic E-state index is 12.7. The Hall–Kier alpha value is -1.86. The Morgan fingerprint density at radius 3 is 2.65 bits per heavy atom. The van der Waals surface area contributed by atoms with Crippen LogP contribution in [0.15, 0.2) is 34.9 Å². The Kier molecular flexibility index (Phi) is 7.23. The van der Waals surface area contributed by atoms with E-state index in [4.69, 9.17) is 0 Å². The van der Waals surface area contributed by atoms with Crippen LogP contribution in [0.1, 0.15) is 24.8 Å². The van der Waals surface area contributed by atoms with E-state index < -0.39 is 23.7 Å². The smallest absolute Gasteiger partial charge is 0.316 e. The average molecular weight is 484 g/mol. The first kappa shape index (κ1) is 20.5. The maximum Gasteiger partial charge on any atom is 0.316 e. The van der Waals surface area contributed by atoms with Gasteiger partial charge in [0.1, 0.15) is 11.7 Å². The number of carbonyl (C=O) groups excluding carboxylic acids is 3. The fourth-order valence-corrected chi connectivity index (χ4v) is 4.36. The van der Waals surface area contributed by atoms with Crippen LogP contribution in [0.5, 0.6) is 0 Å². The Morgan fingerprint density at radius 1 is 1.38 bits per heavy atom. The molecule has 1 heterocycles. The zero-order valence-electron chi connectivity index (χ0n) is 14.2. The molecule has 2 rings (SSSR count). The third-order valence-electron chi connectivity index (χ3n) is 4.03. The molecule has 1 N–H and O–H groups in total. The van der Waals surface area contributed by atoms with Crippen molar-refractivity contribution < 1.29 is 19.1 Å². The fraction of sp³-hybridized carbons (Fsp3) is 0.333. The van der Waals surface area contributed by atoms with E-state index in [0.29, 0.717) is 5.03 Å². The van der Waals surface area contributed by atoms with E-state index in [0.717, 1.165) is 20.9 Å². The molecule has 0 spiro atoms. The summed E-state index contributed by atoms with van der Waals surface area (Å²) in [7, 11) is 1.27. The molecule has 26 heavy (non-hydrogen) atoms. The lowest BCUT2D eigenvalue weighted by Gasteiger charge is -2.32. The number of Topliss-reactive ketones (excluding diaryl/α,β-unsaturated/α-hetero) is 1. The SMILES string of the molecule is CCC(=O)C1C(=O)NC(SCC(=O)OC)=C(C#N)C1c1ccccc1I. The molecule has 0 saturated heterocycles. The quantitative estimate of drug-likeness (QED) is 0.379. The lowest BCUT2D eigenvalue weighted by molar-refractivity contribution is -0.138. The van der Waals surface area contributed by atoms with Gasteiger partial charge < -0.3 is 10.1 Å². The highest BCUT2D eigenvalue weighted by Gasteiger charge is 2.43. The fourth-order valence-electron chi connectivity index (χ4n) is 2.75. The number of nitriles is 1. The van der Waals surface area contributed by atoms with Crippen molar-refractivity contribution in [3.63, 3.8) is 0 Å². The van der Waals surface area contributed by atoms with Gasteiger partial charge in [0.15, 0.2) is 0 Å². The van der Waals surface area contributed by atoms with Crippen LogP contribution in [0.2, 0.25) is 0 Å². The molecule has 0 saturated carbocycles. The highest BCUT2D eigenvalue weighted by Crippen LogP contribution is 2.41. The first-order chi connectivity index (χ1) is 12.4. The molecule has 0 aromatic heterocycles. The Balaban J connectivity index is 2.58. The van der Waals surface area contributed by atoms with Crippen LogP contribution >= 0.6 is 34.4 Å². The molecule has 1 aliphatic rings. The van der Waals surface area contributed by atoms with Crippen LogP contribution in [0, 0.1) is 20.8 Å². The summed E-state index contributed by atoms with van der Waals surface area (Å²) in [5.41, 5.74) is 1.04. The van der Waals surface area contributed by atoms with E-state index in [1.54, 1.807) is 6.92 Å². The van der Waals surface area contributed by atoms with Crippen molar-refractivity contribution in [1.29, 1.82) is 5.26 Å². The lowest BCUT2D eigenvalue weighted by atomic mass is 9.76. The molecule has 2 atom stereocenters. The number of rotatable bonds is 6. The molecule has 1 amide bonds. The summed E-state index contributed by atoms with van der Waals surface area (Å²) < 4.78 is 5.48. The zero-order chi connectivity index (χ0) is 19.3. The van der Waals surface area contributed by atoms with Crippen LogP contribution < -0.4 is 5.32 Å². The number of esters is 1. The minimum Gasteiger partial charge on any atom is -0.468 e.